The van der Waals surface area contributed by atoms with Crippen LogP contribution in [0.4, 0.5) is 0 Å². The van der Waals surface area contributed by atoms with Crippen LogP contribution in [-0.4, -0.2) is 15.8 Å². The van der Waals surface area contributed by atoms with E-state index < -0.39 is 0 Å². The molecule has 0 aliphatic carbocycles. The molecule has 0 bridgehead atoms. The van der Waals surface area contributed by atoms with Crippen molar-refractivity contribution in [1.29, 1.82) is 0 Å². The minimum Gasteiger partial charge on any atom is -0.328 e. The maximum absolute atomic E-state index is 6.24. The van der Waals surface area contributed by atoms with Crippen LogP contribution in [-0.2, 0) is 13.5 Å². The topological polar surface area (TPSA) is 43.8 Å². The molecule has 0 fully saturated rings. The number of hydrogen-bond donors (Lipinski definition) is 1. The molecule has 0 amide bonds. The molecule has 3 heteroatoms. The molecule has 0 saturated carbocycles. The zero-order valence-electron chi connectivity index (χ0n) is 13.9. The smallest absolute Gasteiger partial charge is 0.0628 e. The lowest BCUT2D eigenvalue weighted by Gasteiger charge is -2.11. The van der Waals surface area contributed by atoms with Crippen LogP contribution in [0.25, 0.3) is 0 Å². The highest BCUT2D eigenvalue weighted by Gasteiger charge is 2.11. The molecule has 3 nitrogen and oxygen atoms in total. The summed E-state index contributed by atoms with van der Waals surface area (Å²) in [5.41, 5.74) is 10.1. The average molecular weight is 279 g/mol. The molecule has 0 spiro atoms. The Morgan fingerprint density at radius 2 is 1.70 bits per heavy atom. The second kappa shape index (κ2) is 9.17. The molecule has 1 rings (SSSR count). The number of nitrogens with zero attached hydrogens (tertiary/aromatic N) is 2. The molecule has 0 saturated heterocycles. The minimum absolute atomic E-state index is 0.347. The number of nitrogens with two attached hydrogens (primary N) is 1. The quantitative estimate of drug-likeness (QED) is 0.657. The van der Waals surface area contributed by atoms with E-state index >= 15 is 0 Å². The lowest BCUT2D eigenvalue weighted by atomic mass is 9.99. The van der Waals surface area contributed by atoms with Gasteiger partial charge in [0.2, 0.25) is 0 Å². The first-order valence-corrected chi connectivity index (χ1v) is 8.30. The molecule has 0 aromatic carbocycles. The summed E-state index contributed by atoms with van der Waals surface area (Å²) in [5, 5.41) is 4.47. The van der Waals surface area contributed by atoms with Crippen molar-refractivity contribution >= 4 is 0 Å². The molecule has 1 unspecified atom stereocenters. The van der Waals surface area contributed by atoms with Gasteiger partial charge in [0.25, 0.3) is 0 Å². The second-order valence-corrected chi connectivity index (χ2v) is 6.13. The van der Waals surface area contributed by atoms with Crippen molar-refractivity contribution < 1.29 is 0 Å². The maximum atomic E-state index is 6.24. The lowest BCUT2D eigenvalue weighted by Crippen LogP contribution is -2.20. The van der Waals surface area contributed by atoms with Crippen molar-refractivity contribution in [2.24, 2.45) is 12.8 Å². The van der Waals surface area contributed by atoms with Crippen molar-refractivity contribution in [3.8, 4) is 0 Å². The first kappa shape index (κ1) is 17.2. The summed E-state index contributed by atoms with van der Waals surface area (Å²) in [6.07, 6.45) is 11.4. The van der Waals surface area contributed by atoms with Gasteiger partial charge < -0.3 is 5.73 Å². The fraction of sp³-hybridized carbons (Fsp3) is 0.824. The third-order valence-electron chi connectivity index (χ3n) is 4.35. The molecule has 0 aliphatic heterocycles. The van der Waals surface area contributed by atoms with Crippen LogP contribution < -0.4 is 5.73 Å². The van der Waals surface area contributed by atoms with E-state index in [1.165, 1.54) is 56.2 Å². The van der Waals surface area contributed by atoms with Gasteiger partial charge in [0, 0.05) is 18.8 Å². The van der Waals surface area contributed by atoms with Gasteiger partial charge in [0.15, 0.2) is 0 Å². The van der Waals surface area contributed by atoms with E-state index in [2.05, 4.69) is 25.9 Å². The SMILES string of the molecule is CCCCCCCCC(N)CCc1c(C)nn(C)c1C. The molecule has 1 aromatic rings. The summed E-state index contributed by atoms with van der Waals surface area (Å²) >= 11 is 0. The van der Waals surface area contributed by atoms with E-state index in [1.54, 1.807) is 0 Å². The minimum atomic E-state index is 0.347. The normalized spacial score (nSPS) is 12.8. The Kier molecular flexibility index (Phi) is 7.90. The first-order chi connectivity index (χ1) is 9.56. The Labute approximate surface area is 124 Å². The van der Waals surface area contributed by atoms with Gasteiger partial charge in [-0.15, -0.1) is 0 Å². The third-order valence-corrected chi connectivity index (χ3v) is 4.35. The molecule has 2 N–H and O–H groups in total. The summed E-state index contributed by atoms with van der Waals surface area (Å²) in [5.74, 6) is 0. The number of hydrogen-bond acceptors (Lipinski definition) is 2. The summed E-state index contributed by atoms with van der Waals surface area (Å²) in [6.45, 7) is 6.51. The molecule has 1 aromatic heterocycles. The third kappa shape index (κ3) is 5.66. The average Bonchev–Trinajstić information content (AvgIpc) is 2.65. The number of unbranched alkanes of at least 4 members (excludes halogenated alkanes) is 5. The fourth-order valence-corrected chi connectivity index (χ4v) is 2.84. The molecule has 116 valence electrons. The Bertz CT molecular complexity index is 382. The Hall–Kier alpha value is -0.830. The van der Waals surface area contributed by atoms with E-state index in [9.17, 15) is 0 Å². The largest absolute Gasteiger partial charge is 0.328 e. The molecule has 1 atom stereocenters. The van der Waals surface area contributed by atoms with Crippen LogP contribution in [0.15, 0.2) is 0 Å². The first-order valence-electron chi connectivity index (χ1n) is 8.30. The highest BCUT2D eigenvalue weighted by molar-refractivity contribution is 5.24. The van der Waals surface area contributed by atoms with Gasteiger partial charge in [-0.1, -0.05) is 45.4 Å². The van der Waals surface area contributed by atoms with E-state index in [1.807, 2.05) is 11.7 Å². The van der Waals surface area contributed by atoms with Gasteiger partial charge in [-0.05, 0) is 38.7 Å². The Morgan fingerprint density at radius 3 is 2.30 bits per heavy atom. The highest BCUT2D eigenvalue weighted by atomic mass is 15.3. The Morgan fingerprint density at radius 1 is 1.05 bits per heavy atom. The molecule has 0 aliphatic rings. The van der Waals surface area contributed by atoms with E-state index in [4.69, 9.17) is 5.73 Å². The molecular weight excluding hydrogens is 246 g/mol. The van der Waals surface area contributed by atoms with Gasteiger partial charge in [-0.25, -0.2) is 0 Å². The summed E-state index contributed by atoms with van der Waals surface area (Å²) in [7, 11) is 2.02. The van der Waals surface area contributed by atoms with Crippen molar-refractivity contribution in [3.05, 3.63) is 17.0 Å². The summed E-state index contributed by atoms with van der Waals surface area (Å²) in [4.78, 5) is 0. The predicted octanol–water partition coefficient (Wildman–Crippen LogP) is 4.05. The van der Waals surface area contributed by atoms with Gasteiger partial charge in [0.1, 0.15) is 0 Å². The maximum Gasteiger partial charge on any atom is 0.0628 e. The number of rotatable bonds is 10. The summed E-state index contributed by atoms with van der Waals surface area (Å²) < 4.78 is 1.98. The predicted molar refractivity (Wildman–Crippen MR) is 87.0 cm³/mol. The van der Waals surface area contributed by atoms with Crippen molar-refractivity contribution in [3.63, 3.8) is 0 Å². The fourth-order valence-electron chi connectivity index (χ4n) is 2.84. The van der Waals surface area contributed by atoms with Gasteiger partial charge in [0.05, 0.1) is 5.69 Å². The molecule has 20 heavy (non-hydrogen) atoms. The van der Waals surface area contributed by atoms with Crippen LogP contribution in [0.1, 0.15) is 75.2 Å². The van der Waals surface area contributed by atoms with E-state index in [-0.39, 0.29) is 0 Å². The number of aromatic nitrogens is 2. The zero-order chi connectivity index (χ0) is 15.0. The van der Waals surface area contributed by atoms with Crippen molar-refractivity contribution in [2.45, 2.75) is 84.6 Å². The molecule has 0 radical (unpaired) electrons. The summed E-state index contributed by atoms with van der Waals surface area (Å²) in [6, 6.07) is 0.347. The number of aryl methyl sites for hydroxylation is 2. The Balaban J connectivity index is 2.18. The zero-order valence-corrected chi connectivity index (χ0v) is 13.9. The van der Waals surface area contributed by atoms with Crippen molar-refractivity contribution in [2.75, 3.05) is 0 Å². The van der Waals surface area contributed by atoms with Gasteiger partial charge >= 0.3 is 0 Å². The van der Waals surface area contributed by atoms with E-state index in [0.29, 0.717) is 6.04 Å². The van der Waals surface area contributed by atoms with Crippen LogP contribution >= 0.6 is 0 Å². The second-order valence-electron chi connectivity index (χ2n) is 6.13. The molecule has 1 heterocycles. The van der Waals surface area contributed by atoms with Crippen LogP contribution in [0.5, 0.6) is 0 Å². The standard InChI is InChI=1S/C17H33N3/c1-5-6-7-8-9-10-11-16(18)12-13-17-14(2)19-20(4)15(17)3/h16H,5-13,18H2,1-4H3. The van der Waals surface area contributed by atoms with Gasteiger partial charge in [-0.3, -0.25) is 4.68 Å². The van der Waals surface area contributed by atoms with Gasteiger partial charge in [-0.2, -0.15) is 5.10 Å². The monoisotopic (exact) mass is 279 g/mol. The van der Waals surface area contributed by atoms with Crippen molar-refractivity contribution in [1.82, 2.24) is 9.78 Å². The van der Waals surface area contributed by atoms with Crippen LogP contribution in [0, 0.1) is 13.8 Å². The van der Waals surface area contributed by atoms with Crippen LogP contribution in [0.3, 0.4) is 0 Å². The lowest BCUT2D eigenvalue weighted by molar-refractivity contribution is 0.512. The van der Waals surface area contributed by atoms with Crippen LogP contribution in [0.2, 0.25) is 0 Å². The highest BCUT2D eigenvalue weighted by Crippen LogP contribution is 2.16. The molecular formula is C17H33N3. The van der Waals surface area contributed by atoms with E-state index in [0.717, 1.165) is 18.5 Å².